The molecular weight excluding hydrogens is 387 g/mol. The number of carbonyl (C=O) groups is 2. The van der Waals surface area contributed by atoms with Gasteiger partial charge in [-0.25, -0.2) is 17.9 Å². The van der Waals surface area contributed by atoms with Crippen molar-refractivity contribution >= 4 is 33.3 Å². The summed E-state index contributed by atoms with van der Waals surface area (Å²) in [6.07, 6.45) is -4.47. The monoisotopic (exact) mass is 401 g/mol. The fourth-order valence-corrected chi connectivity index (χ4v) is 2.99. The molecule has 11 heteroatoms. The van der Waals surface area contributed by atoms with Gasteiger partial charge in [0.15, 0.2) is 0 Å². The smallest absolute Gasteiger partial charge is 0.308 e. The lowest BCUT2D eigenvalue weighted by Crippen LogP contribution is -2.28. The topological polar surface area (TPSA) is 104 Å². The molecule has 0 aromatic heterocycles. The van der Waals surface area contributed by atoms with Crippen molar-refractivity contribution in [2.24, 2.45) is 0 Å². The highest BCUT2D eigenvalue weighted by molar-refractivity contribution is 7.90. The van der Waals surface area contributed by atoms with Gasteiger partial charge in [0.2, 0.25) is 5.91 Å². The molecule has 144 valence electrons. The number of nitrogens with one attached hydrogen (secondary N) is 3. The summed E-state index contributed by atoms with van der Waals surface area (Å²) in [5.74, 6) is -0.742. The van der Waals surface area contributed by atoms with Crippen molar-refractivity contribution in [3.05, 3.63) is 54.1 Å². The molecule has 0 bridgehead atoms. The minimum Gasteiger partial charge on any atom is -0.308 e. The van der Waals surface area contributed by atoms with Crippen molar-refractivity contribution in [2.45, 2.75) is 18.0 Å². The van der Waals surface area contributed by atoms with Crippen molar-refractivity contribution in [2.75, 3.05) is 10.6 Å². The van der Waals surface area contributed by atoms with E-state index in [1.807, 2.05) is 0 Å². The molecule has 0 saturated heterocycles. The Morgan fingerprint density at radius 3 is 1.70 bits per heavy atom. The van der Waals surface area contributed by atoms with E-state index in [-0.39, 0.29) is 16.3 Å². The zero-order valence-electron chi connectivity index (χ0n) is 13.8. The SMILES string of the molecule is CC(=O)NS(=O)(=O)c1ccc(NC(=O)Nc2ccc(C(F)(F)F)cc2)cc1. The first-order valence-corrected chi connectivity index (χ1v) is 8.84. The van der Waals surface area contributed by atoms with Crippen molar-refractivity contribution < 1.29 is 31.2 Å². The molecular formula is C16H14F3N3O4S. The van der Waals surface area contributed by atoms with Crippen LogP contribution in [0.4, 0.5) is 29.3 Å². The predicted molar refractivity (Wildman–Crippen MR) is 91.5 cm³/mol. The van der Waals surface area contributed by atoms with Crippen molar-refractivity contribution in [3.8, 4) is 0 Å². The van der Waals surface area contributed by atoms with Gasteiger partial charge in [0.1, 0.15) is 0 Å². The summed E-state index contributed by atoms with van der Waals surface area (Å²) < 4.78 is 62.9. The van der Waals surface area contributed by atoms with E-state index in [0.717, 1.165) is 31.2 Å². The number of amides is 3. The molecule has 0 unspecified atom stereocenters. The van der Waals surface area contributed by atoms with Crippen LogP contribution in [0.15, 0.2) is 53.4 Å². The maximum absolute atomic E-state index is 12.5. The first-order chi connectivity index (χ1) is 12.5. The molecule has 7 nitrogen and oxygen atoms in total. The van der Waals surface area contributed by atoms with Crippen LogP contribution in [-0.4, -0.2) is 20.4 Å². The Kier molecular flexibility index (Phi) is 5.74. The van der Waals surface area contributed by atoms with E-state index in [4.69, 9.17) is 0 Å². The highest BCUT2D eigenvalue weighted by Crippen LogP contribution is 2.29. The van der Waals surface area contributed by atoms with Crippen LogP contribution >= 0.6 is 0 Å². The van der Waals surface area contributed by atoms with Crippen molar-refractivity contribution in [3.63, 3.8) is 0 Å². The Balaban J connectivity index is 2.01. The van der Waals surface area contributed by atoms with Gasteiger partial charge in [0.25, 0.3) is 10.0 Å². The first-order valence-electron chi connectivity index (χ1n) is 7.36. The van der Waals surface area contributed by atoms with Gasteiger partial charge in [-0.2, -0.15) is 13.2 Å². The minimum atomic E-state index is -4.47. The summed E-state index contributed by atoms with van der Waals surface area (Å²) >= 11 is 0. The molecule has 0 aliphatic carbocycles. The van der Waals surface area contributed by atoms with E-state index in [9.17, 15) is 31.2 Å². The second-order valence-corrected chi connectivity index (χ2v) is 7.02. The fourth-order valence-electron chi connectivity index (χ4n) is 2.00. The third kappa shape index (κ3) is 5.71. The number of alkyl halides is 3. The normalized spacial score (nSPS) is 11.6. The summed E-state index contributed by atoms with van der Waals surface area (Å²) in [4.78, 5) is 22.6. The number of halogens is 3. The maximum Gasteiger partial charge on any atom is 0.416 e. The first kappa shape index (κ1) is 20.2. The molecule has 0 spiro atoms. The van der Waals surface area contributed by atoms with Gasteiger partial charge in [-0.15, -0.1) is 0 Å². The number of carbonyl (C=O) groups excluding carboxylic acids is 2. The number of anilines is 2. The van der Waals surface area contributed by atoms with Gasteiger partial charge in [-0.3, -0.25) is 4.79 Å². The second-order valence-electron chi connectivity index (χ2n) is 5.34. The zero-order valence-corrected chi connectivity index (χ0v) is 14.6. The zero-order chi connectivity index (χ0) is 20.2. The third-order valence-electron chi connectivity index (χ3n) is 3.17. The molecule has 0 aliphatic heterocycles. The molecule has 0 aliphatic rings. The van der Waals surface area contributed by atoms with Crippen LogP contribution in [0.25, 0.3) is 0 Å². The lowest BCUT2D eigenvalue weighted by atomic mass is 10.2. The molecule has 2 rings (SSSR count). The van der Waals surface area contributed by atoms with Gasteiger partial charge in [-0.05, 0) is 48.5 Å². The van der Waals surface area contributed by atoms with E-state index in [1.54, 1.807) is 4.72 Å². The van der Waals surface area contributed by atoms with Gasteiger partial charge in [-0.1, -0.05) is 0 Å². The molecule has 3 amide bonds. The highest BCUT2D eigenvalue weighted by Gasteiger charge is 2.30. The standard InChI is InChI=1S/C16H14F3N3O4S/c1-10(23)22-27(25,26)14-8-6-13(7-9-14)21-15(24)20-12-4-2-11(3-5-12)16(17,18)19/h2-9H,1H3,(H,22,23)(H2,20,21,24). The van der Waals surface area contributed by atoms with Gasteiger partial charge in [0, 0.05) is 18.3 Å². The summed E-state index contributed by atoms with van der Waals surface area (Å²) in [5, 5.41) is 4.75. The summed E-state index contributed by atoms with van der Waals surface area (Å²) in [5.41, 5.74) is -0.462. The van der Waals surface area contributed by atoms with Crippen LogP contribution in [0.2, 0.25) is 0 Å². The highest BCUT2D eigenvalue weighted by atomic mass is 32.2. The number of benzene rings is 2. The molecule has 2 aromatic rings. The second kappa shape index (κ2) is 7.66. The van der Waals surface area contributed by atoms with Gasteiger partial charge >= 0.3 is 12.2 Å². The van der Waals surface area contributed by atoms with Crippen LogP contribution in [0.1, 0.15) is 12.5 Å². The predicted octanol–water partition coefficient (Wildman–Crippen LogP) is 3.17. The average Bonchev–Trinajstić information content (AvgIpc) is 2.53. The van der Waals surface area contributed by atoms with Crippen molar-refractivity contribution in [1.29, 1.82) is 0 Å². The molecule has 2 aromatic carbocycles. The Morgan fingerprint density at radius 1 is 0.852 bits per heavy atom. The van der Waals surface area contributed by atoms with Crippen LogP contribution in [0.3, 0.4) is 0 Å². The third-order valence-corrected chi connectivity index (χ3v) is 4.62. The van der Waals surface area contributed by atoms with Gasteiger partial charge < -0.3 is 10.6 Å². The van der Waals surface area contributed by atoms with Crippen LogP contribution in [0, 0.1) is 0 Å². The fraction of sp³-hybridized carbons (Fsp3) is 0.125. The Morgan fingerprint density at radius 2 is 1.30 bits per heavy atom. The van der Waals surface area contributed by atoms with Gasteiger partial charge in [0.05, 0.1) is 10.5 Å². The van der Waals surface area contributed by atoms with Crippen molar-refractivity contribution in [1.82, 2.24) is 4.72 Å². The quantitative estimate of drug-likeness (QED) is 0.732. The van der Waals surface area contributed by atoms with E-state index < -0.39 is 33.7 Å². The lowest BCUT2D eigenvalue weighted by Gasteiger charge is -2.10. The Bertz CT molecular complexity index is 940. The number of sulfonamides is 1. The van der Waals surface area contributed by atoms with Crippen LogP contribution in [0.5, 0.6) is 0 Å². The molecule has 0 radical (unpaired) electrons. The average molecular weight is 401 g/mol. The summed E-state index contributed by atoms with van der Waals surface area (Å²) in [6.45, 7) is 1.05. The van der Waals surface area contributed by atoms with E-state index >= 15 is 0 Å². The van der Waals surface area contributed by atoms with E-state index in [2.05, 4.69) is 10.6 Å². The summed E-state index contributed by atoms with van der Waals surface area (Å²) in [6, 6.07) is 8.08. The molecule has 0 atom stereocenters. The number of urea groups is 1. The molecule has 27 heavy (non-hydrogen) atoms. The maximum atomic E-state index is 12.5. The molecule has 3 N–H and O–H groups in total. The Hall–Kier alpha value is -3.08. The van der Waals surface area contributed by atoms with Crippen LogP contribution in [-0.2, 0) is 21.0 Å². The van der Waals surface area contributed by atoms with E-state index in [0.29, 0.717) is 0 Å². The largest absolute Gasteiger partial charge is 0.416 e. The summed E-state index contributed by atoms with van der Waals surface area (Å²) in [7, 11) is -3.99. The molecule has 0 saturated carbocycles. The van der Waals surface area contributed by atoms with E-state index in [1.165, 1.54) is 24.3 Å². The molecule has 0 fully saturated rings. The minimum absolute atomic E-state index is 0.144. The van der Waals surface area contributed by atoms with Crippen LogP contribution < -0.4 is 15.4 Å². The number of rotatable bonds is 4. The lowest BCUT2D eigenvalue weighted by molar-refractivity contribution is -0.137. The Labute approximate surface area is 152 Å². The number of hydrogen-bond donors (Lipinski definition) is 3. The molecule has 0 heterocycles. The number of hydrogen-bond acceptors (Lipinski definition) is 4.